The van der Waals surface area contributed by atoms with Crippen molar-refractivity contribution in [3.63, 3.8) is 0 Å². The fourth-order valence-corrected chi connectivity index (χ4v) is 1.65. The van der Waals surface area contributed by atoms with Gasteiger partial charge in [0.25, 0.3) is 0 Å². The first-order chi connectivity index (χ1) is 8.22. The second-order valence-electron chi connectivity index (χ2n) is 3.70. The van der Waals surface area contributed by atoms with Crippen molar-refractivity contribution in [2.75, 3.05) is 0 Å². The van der Waals surface area contributed by atoms with Gasteiger partial charge in [-0.2, -0.15) is 5.26 Å². The molecule has 0 aromatic heterocycles. The van der Waals surface area contributed by atoms with Crippen molar-refractivity contribution in [1.29, 1.82) is 5.26 Å². The molecule has 2 aromatic carbocycles. The molecule has 0 fully saturated rings. The van der Waals surface area contributed by atoms with E-state index in [1.54, 1.807) is 19.1 Å². The van der Waals surface area contributed by atoms with E-state index in [4.69, 9.17) is 10.00 Å². The number of nitriles is 1. The van der Waals surface area contributed by atoms with E-state index in [9.17, 15) is 4.79 Å². The Hall–Kier alpha value is -2.34. The molecule has 0 bridgehead atoms. The Kier molecular flexibility index (Phi) is 3.06. The molecule has 1 atom stereocenters. The van der Waals surface area contributed by atoms with E-state index in [0.717, 1.165) is 10.8 Å². The molecule has 0 aliphatic rings. The Morgan fingerprint density at radius 1 is 1.24 bits per heavy atom. The number of hydrogen-bond donors (Lipinski definition) is 0. The highest BCUT2D eigenvalue weighted by Gasteiger charge is 2.13. The van der Waals surface area contributed by atoms with Gasteiger partial charge in [0.05, 0.1) is 5.56 Å². The van der Waals surface area contributed by atoms with Crippen molar-refractivity contribution in [3.8, 4) is 6.07 Å². The molecule has 0 radical (unpaired) electrons. The topological polar surface area (TPSA) is 50.1 Å². The van der Waals surface area contributed by atoms with Crippen molar-refractivity contribution in [2.45, 2.75) is 13.0 Å². The van der Waals surface area contributed by atoms with E-state index in [2.05, 4.69) is 0 Å². The summed E-state index contributed by atoms with van der Waals surface area (Å²) in [4.78, 5) is 11.9. The van der Waals surface area contributed by atoms with Crippen LogP contribution in [0, 0.1) is 11.3 Å². The van der Waals surface area contributed by atoms with Crippen LogP contribution in [0.2, 0.25) is 0 Å². The lowest BCUT2D eigenvalue weighted by Gasteiger charge is -2.08. The highest BCUT2D eigenvalue weighted by atomic mass is 16.5. The molecule has 0 aliphatic carbocycles. The van der Waals surface area contributed by atoms with Gasteiger partial charge in [-0.3, -0.25) is 0 Å². The van der Waals surface area contributed by atoms with Gasteiger partial charge in [0.15, 0.2) is 6.10 Å². The van der Waals surface area contributed by atoms with Gasteiger partial charge < -0.3 is 4.74 Å². The summed E-state index contributed by atoms with van der Waals surface area (Å²) >= 11 is 0. The molecule has 2 aromatic rings. The first-order valence-corrected chi connectivity index (χ1v) is 5.30. The predicted octanol–water partition coefficient (Wildman–Crippen LogP) is 2.91. The SMILES string of the molecule is C[C@@H](C#N)OC(=O)c1cccc2ccccc12. The van der Waals surface area contributed by atoms with E-state index < -0.39 is 12.1 Å². The Labute approximate surface area is 99.2 Å². The second kappa shape index (κ2) is 4.67. The van der Waals surface area contributed by atoms with Crippen molar-refractivity contribution in [2.24, 2.45) is 0 Å². The third-order valence-corrected chi connectivity index (χ3v) is 2.48. The molecule has 0 aliphatic heterocycles. The lowest BCUT2D eigenvalue weighted by molar-refractivity contribution is 0.0438. The average molecular weight is 225 g/mol. The number of fused-ring (bicyclic) bond motifs is 1. The van der Waals surface area contributed by atoms with Crippen LogP contribution >= 0.6 is 0 Å². The van der Waals surface area contributed by atoms with E-state index in [1.807, 2.05) is 36.4 Å². The Morgan fingerprint density at radius 2 is 1.94 bits per heavy atom. The Morgan fingerprint density at radius 3 is 2.71 bits per heavy atom. The number of carbonyl (C=O) groups is 1. The number of ether oxygens (including phenoxy) is 1. The summed E-state index contributed by atoms with van der Waals surface area (Å²) < 4.78 is 4.99. The number of hydrogen-bond acceptors (Lipinski definition) is 3. The van der Waals surface area contributed by atoms with E-state index >= 15 is 0 Å². The molecule has 0 N–H and O–H groups in total. The molecule has 3 nitrogen and oxygen atoms in total. The number of benzene rings is 2. The maximum atomic E-state index is 11.9. The lowest BCUT2D eigenvalue weighted by atomic mass is 10.0. The quantitative estimate of drug-likeness (QED) is 0.738. The number of esters is 1. The van der Waals surface area contributed by atoms with Crippen LogP contribution < -0.4 is 0 Å². The van der Waals surface area contributed by atoms with Gasteiger partial charge in [0.2, 0.25) is 0 Å². The third-order valence-electron chi connectivity index (χ3n) is 2.48. The molecule has 0 saturated carbocycles. The minimum Gasteiger partial charge on any atom is -0.444 e. The van der Waals surface area contributed by atoms with E-state index in [-0.39, 0.29) is 0 Å². The van der Waals surface area contributed by atoms with Crippen molar-refractivity contribution in [3.05, 3.63) is 48.0 Å². The van der Waals surface area contributed by atoms with Crippen molar-refractivity contribution in [1.82, 2.24) is 0 Å². The molecule has 0 spiro atoms. The Balaban J connectivity index is 2.42. The minimum atomic E-state index is -0.735. The van der Waals surface area contributed by atoms with Gasteiger partial charge in [-0.05, 0) is 23.8 Å². The smallest absolute Gasteiger partial charge is 0.340 e. The zero-order valence-electron chi connectivity index (χ0n) is 9.38. The zero-order chi connectivity index (χ0) is 12.3. The molecule has 2 rings (SSSR count). The lowest BCUT2D eigenvalue weighted by Crippen LogP contribution is -2.13. The summed E-state index contributed by atoms with van der Waals surface area (Å²) in [6.07, 6.45) is -0.735. The highest BCUT2D eigenvalue weighted by molar-refractivity contribution is 6.04. The molecule has 84 valence electrons. The molecule has 3 heteroatoms. The minimum absolute atomic E-state index is 0.462. The van der Waals surface area contributed by atoms with Crippen LogP contribution in [0.3, 0.4) is 0 Å². The van der Waals surface area contributed by atoms with Crippen LogP contribution in [-0.2, 0) is 4.74 Å². The van der Waals surface area contributed by atoms with E-state index in [0.29, 0.717) is 5.56 Å². The fourth-order valence-electron chi connectivity index (χ4n) is 1.65. The van der Waals surface area contributed by atoms with Crippen molar-refractivity contribution >= 4 is 16.7 Å². The standard InChI is InChI=1S/C14H11NO2/c1-10(9-15)17-14(16)13-8-4-6-11-5-2-3-7-12(11)13/h2-8,10H,1H3/t10-/m0/s1. The molecular weight excluding hydrogens is 214 g/mol. The average Bonchev–Trinajstić information content (AvgIpc) is 2.37. The predicted molar refractivity (Wildman–Crippen MR) is 64.4 cm³/mol. The van der Waals surface area contributed by atoms with Crippen LogP contribution in [-0.4, -0.2) is 12.1 Å². The first-order valence-electron chi connectivity index (χ1n) is 5.30. The van der Waals surface area contributed by atoms with Gasteiger partial charge in [0, 0.05) is 0 Å². The molecule has 0 heterocycles. The van der Waals surface area contributed by atoms with Gasteiger partial charge in [-0.15, -0.1) is 0 Å². The summed E-state index contributed by atoms with van der Waals surface area (Å²) in [5.41, 5.74) is 0.491. The van der Waals surface area contributed by atoms with Crippen LogP contribution in [0.4, 0.5) is 0 Å². The Bertz CT molecular complexity index is 593. The van der Waals surface area contributed by atoms with Crippen LogP contribution in [0.5, 0.6) is 0 Å². The van der Waals surface area contributed by atoms with Gasteiger partial charge >= 0.3 is 5.97 Å². The summed E-state index contributed by atoms with van der Waals surface area (Å²) in [7, 11) is 0. The molecule has 0 saturated heterocycles. The maximum Gasteiger partial charge on any atom is 0.340 e. The highest BCUT2D eigenvalue weighted by Crippen LogP contribution is 2.19. The first kappa shape index (κ1) is 11.2. The molecular formula is C14H11NO2. The van der Waals surface area contributed by atoms with E-state index in [1.165, 1.54) is 0 Å². The number of carbonyl (C=O) groups excluding carboxylic acids is 1. The number of nitrogens with zero attached hydrogens (tertiary/aromatic N) is 1. The summed E-state index contributed by atoms with van der Waals surface area (Å²) in [5, 5.41) is 10.4. The summed E-state index contributed by atoms with van der Waals surface area (Å²) in [6, 6.07) is 14.9. The summed E-state index contributed by atoms with van der Waals surface area (Å²) in [5.74, 6) is -0.462. The van der Waals surface area contributed by atoms with Gasteiger partial charge in [-0.25, -0.2) is 4.79 Å². The number of rotatable bonds is 2. The normalized spacial score (nSPS) is 11.8. The molecule has 17 heavy (non-hydrogen) atoms. The second-order valence-corrected chi connectivity index (χ2v) is 3.70. The fraction of sp³-hybridized carbons (Fsp3) is 0.143. The van der Waals surface area contributed by atoms with Gasteiger partial charge in [-0.1, -0.05) is 36.4 Å². The van der Waals surface area contributed by atoms with Gasteiger partial charge in [0.1, 0.15) is 6.07 Å². The summed E-state index contributed by atoms with van der Waals surface area (Å²) in [6.45, 7) is 1.54. The van der Waals surface area contributed by atoms with Crippen LogP contribution in [0.15, 0.2) is 42.5 Å². The molecule has 0 unspecified atom stereocenters. The van der Waals surface area contributed by atoms with Crippen molar-refractivity contribution < 1.29 is 9.53 Å². The monoisotopic (exact) mass is 225 g/mol. The molecule has 0 amide bonds. The van der Waals surface area contributed by atoms with Crippen LogP contribution in [0.1, 0.15) is 17.3 Å². The largest absolute Gasteiger partial charge is 0.444 e. The zero-order valence-corrected chi connectivity index (χ0v) is 9.38. The maximum absolute atomic E-state index is 11.9. The third kappa shape index (κ3) is 2.26. The van der Waals surface area contributed by atoms with Crippen LogP contribution in [0.25, 0.3) is 10.8 Å².